The summed E-state index contributed by atoms with van der Waals surface area (Å²) in [6.07, 6.45) is -0.0419. The number of pyridine rings is 1. The molecule has 1 aromatic rings. The third-order valence-electron chi connectivity index (χ3n) is 3.10. The van der Waals surface area contributed by atoms with Crippen LogP contribution in [-0.4, -0.2) is 45.1 Å². The second-order valence-electron chi connectivity index (χ2n) is 4.57. The van der Waals surface area contributed by atoms with Gasteiger partial charge in [0.15, 0.2) is 0 Å². The minimum atomic E-state index is -0.905. The molecule has 0 radical (unpaired) electrons. The Bertz CT molecular complexity index is 537. The molecule has 2 rings (SSSR count). The molecule has 1 N–H and O–H groups in total. The van der Waals surface area contributed by atoms with E-state index in [2.05, 4.69) is 4.98 Å². The van der Waals surface area contributed by atoms with Gasteiger partial charge in [-0.2, -0.15) is 11.8 Å². The fourth-order valence-corrected chi connectivity index (χ4v) is 3.26. The van der Waals surface area contributed by atoms with Gasteiger partial charge in [-0.15, -0.1) is 0 Å². The first-order valence-corrected chi connectivity index (χ1v) is 7.32. The lowest BCUT2D eigenvalue weighted by Gasteiger charge is -2.35. The number of rotatable bonds is 4. The molecule has 0 bridgehead atoms. The van der Waals surface area contributed by atoms with Gasteiger partial charge in [-0.25, -0.2) is 4.98 Å². The van der Waals surface area contributed by atoms with Crippen molar-refractivity contribution in [2.75, 3.05) is 23.0 Å². The molecule has 0 amide bonds. The van der Waals surface area contributed by atoms with Crippen LogP contribution in [0.25, 0.3) is 0 Å². The maximum absolute atomic E-state index is 11.1. The largest absolute Gasteiger partial charge is 0.481 e. The lowest BCUT2D eigenvalue weighted by molar-refractivity contribution is -0.384. The van der Waals surface area contributed by atoms with Crippen LogP contribution in [0.3, 0.4) is 0 Å². The second-order valence-corrected chi connectivity index (χ2v) is 5.72. The van der Waals surface area contributed by atoms with Crippen molar-refractivity contribution in [3.05, 3.63) is 27.9 Å². The zero-order chi connectivity index (χ0) is 14.7. The van der Waals surface area contributed by atoms with Crippen molar-refractivity contribution >= 4 is 29.2 Å². The Morgan fingerprint density at radius 2 is 2.40 bits per heavy atom. The number of hydrogen-bond acceptors (Lipinski definition) is 6. The summed E-state index contributed by atoms with van der Waals surface area (Å²) in [7, 11) is 0. The summed E-state index contributed by atoms with van der Waals surface area (Å²) in [5.74, 6) is 0.821. The van der Waals surface area contributed by atoms with Crippen LogP contribution in [0.15, 0.2) is 12.1 Å². The molecule has 1 aliphatic rings. The number of aryl methyl sites for hydroxylation is 1. The molecule has 1 unspecified atom stereocenters. The van der Waals surface area contributed by atoms with Gasteiger partial charge < -0.3 is 10.0 Å². The molecular weight excluding hydrogens is 282 g/mol. The first kappa shape index (κ1) is 14.6. The number of carbonyl (C=O) groups is 1. The molecule has 108 valence electrons. The fraction of sp³-hybridized carbons (Fsp3) is 0.500. The molecule has 1 aromatic heterocycles. The summed E-state index contributed by atoms with van der Waals surface area (Å²) in [5.41, 5.74) is 0.607. The van der Waals surface area contributed by atoms with Crippen LogP contribution in [0.2, 0.25) is 0 Å². The molecule has 1 aliphatic heterocycles. The maximum Gasteiger partial charge on any atom is 0.311 e. The average Bonchev–Trinajstić information content (AvgIpc) is 2.38. The summed E-state index contributed by atoms with van der Waals surface area (Å²) in [6.45, 7) is 2.33. The van der Waals surface area contributed by atoms with Gasteiger partial charge in [0.2, 0.25) is 5.82 Å². The van der Waals surface area contributed by atoms with Gasteiger partial charge in [0.1, 0.15) is 0 Å². The average molecular weight is 297 g/mol. The van der Waals surface area contributed by atoms with Crippen molar-refractivity contribution in [2.24, 2.45) is 0 Å². The second kappa shape index (κ2) is 6.08. The molecule has 0 saturated carbocycles. The van der Waals surface area contributed by atoms with Crippen LogP contribution >= 0.6 is 11.8 Å². The zero-order valence-corrected chi connectivity index (χ0v) is 11.8. The molecule has 8 heteroatoms. The van der Waals surface area contributed by atoms with E-state index in [1.807, 2.05) is 0 Å². The predicted molar refractivity (Wildman–Crippen MR) is 76.3 cm³/mol. The first-order valence-electron chi connectivity index (χ1n) is 6.17. The summed E-state index contributed by atoms with van der Waals surface area (Å²) >= 11 is 1.66. The van der Waals surface area contributed by atoms with E-state index in [1.165, 1.54) is 6.07 Å². The first-order chi connectivity index (χ1) is 9.49. The number of nitro groups is 1. The van der Waals surface area contributed by atoms with Gasteiger partial charge in [0.05, 0.1) is 17.4 Å². The molecule has 1 atom stereocenters. The fourth-order valence-electron chi connectivity index (χ4n) is 2.19. The molecule has 0 aliphatic carbocycles. The highest BCUT2D eigenvalue weighted by Gasteiger charge is 2.31. The molecule has 20 heavy (non-hydrogen) atoms. The highest BCUT2D eigenvalue weighted by atomic mass is 32.2. The Labute approximate surface area is 120 Å². The SMILES string of the molecule is Cc1ccc([N+](=O)[O-])c(N2CCSCC2CC(=O)O)n1. The zero-order valence-electron chi connectivity index (χ0n) is 11.0. The highest BCUT2D eigenvalue weighted by Crippen LogP contribution is 2.31. The summed E-state index contributed by atoms with van der Waals surface area (Å²) in [5, 5.41) is 20.1. The molecule has 2 heterocycles. The van der Waals surface area contributed by atoms with E-state index in [9.17, 15) is 14.9 Å². The van der Waals surface area contributed by atoms with E-state index in [0.29, 0.717) is 18.0 Å². The Kier molecular flexibility index (Phi) is 4.43. The van der Waals surface area contributed by atoms with Crippen molar-refractivity contribution < 1.29 is 14.8 Å². The highest BCUT2D eigenvalue weighted by molar-refractivity contribution is 7.99. The quantitative estimate of drug-likeness (QED) is 0.667. The van der Waals surface area contributed by atoms with E-state index in [-0.39, 0.29) is 24.0 Å². The number of carboxylic acids is 1. The molecule has 1 saturated heterocycles. The predicted octanol–water partition coefficient (Wildman–Crippen LogP) is 1.69. The molecule has 0 spiro atoms. The van der Waals surface area contributed by atoms with Gasteiger partial charge in [0.25, 0.3) is 0 Å². The van der Waals surface area contributed by atoms with Gasteiger partial charge in [-0.1, -0.05) is 0 Å². The monoisotopic (exact) mass is 297 g/mol. The Morgan fingerprint density at radius 1 is 1.65 bits per heavy atom. The maximum atomic E-state index is 11.1. The summed E-state index contributed by atoms with van der Waals surface area (Å²) < 4.78 is 0. The van der Waals surface area contributed by atoms with E-state index in [4.69, 9.17) is 5.11 Å². The number of carboxylic acid groups (broad SMARTS) is 1. The lowest BCUT2D eigenvalue weighted by Crippen LogP contribution is -2.44. The van der Waals surface area contributed by atoms with Crippen molar-refractivity contribution in [1.82, 2.24) is 4.98 Å². The van der Waals surface area contributed by atoms with Crippen LogP contribution in [0.4, 0.5) is 11.5 Å². The number of anilines is 1. The van der Waals surface area contributed by atoms with Gasteiger partial charge >= 0.3 is 11.7 Å². The van der Waals surface area contributed by atoms with E-state index in [1.54, 1.807) is 29.7 Å². The van der Waals surface area contributed by atoms with Crippen LogP contribution < -0.4 is 4.90 Å². The Balaban J connectivity index is 2.38. The van der Waals surface area contributed by atoms with Crippen molar-refractivity contribution in [1.29, 1.82) is 0 Å². The lowest BCUT2D eigenvalue weighted by atomic mass is 10.2. The number of hydrogen-bond donors (Lipinski definition) is 1. The topological polar surface area (TPSA) is 96.6 Å². The number of nitrogens with zero attached hydrogens (tertiary/aromatic N) is 3. The molecule has 1 fully saturated rings. The van der Waals surface area contributed by atoms with Crippen molar-refractivity contribution in [3.8, 4) is 0 Å². The van der Waals surface area contributed by atoms with Crippen LogP contribution in [0.5, 0.6) is 0 Å². The normalized spacial score (nSPS) is 18.9. The van der Waals surface area contributed by atoms with Gasteiger partial charge in [0, 0.05) is 29.8 Å². The summed E-state index contributed by atoms with van der Waals surface area (Å²) in [6, 6.07) is 2.75. The summed E-state index contributed by atoms with van der Waals surface area (Å²) in [4.78, 5) is 27.6. The van der Waals surface area contributed by atoms with Crippen LogP contribution in [0, 0.1) is 17.0 Å². The van der Waals surface area contributed by atoms with Crippen molar-refractivity contribution in [2.45, 2.75) is 19.4 Å². The van der Waals surface area contributed by atoms with Gasteiger partial charge in [-0.05, 0) is 13.0 Å². The standard InChI is InChI=1S/C12H15N3O4S/c1-8-2-3-10(15(18)19)12(13-8)14-4-5-20-7-9(14)6-11(16)17/h2-3,9H,4-7H2,1H3,(H,16,17). The van der Waals surface area contributed by atoms with Crippen LogP contribution in [-0.2, 0) is 4.79 Å². The van der Waals surface area contributed by atoms with E-state index < -0.39 is 10.9 Å². The number of aliphatic carboxylic acids is 1. The smallest absolute Gasteiger partial charge is 0.311 e. The van der Waals surface area contributed by atoms with E-state index >= 15 is 0 Å². The van der Waals surface area contributed by atoms with Crippen LogP contribution in [0.1, 0.15) is 12.1 Å². The number of thioether (sulfide) groups is 1. The minimum absolute atomic E-state index is 0.0419. The molecular formula is C12H15N3O4S. The van der Waals surface area contributed by atoms with E-state index in [0.717, 1.165) is 5.75 Å². The minimum Gasteiger partial charge on any atom is -0.481 e. The van der Waals surface area contributed by atoms with Crippen molar-refractivity contribution in [3.63, 3.8) is 0 Å². The Hall–Kier alpha value is -1.83. The Morgan fingerprint density at radius 3 is 3.05 bits per heavy atom. The number of aromatic nitrogens is 1. The molecule has 0 aromatic carbocycles. The third-order valence-corrected chi connectivity index (χ3v) is 4.19. The molecule has 7 nitrogen and oxygen atoms in total. The third kappa shape index (κ3) is 3.19. The van der Waals surface area contributed by atoms with Gasteiger partial charge in [-0.3, -0.25) is 14.9 Å².